The van der Waals surface area contributed by atoms with Gasteiger partial charge in [0.25, 0.3) is 11.8 Å². The van der Waals surface area contributed by atoms with Crippen LogP contribution >= 0.6 is 0 Å². The highest BCUT2D eigenvalue weighted by Crippen LogP contribution is 2.30. The Kier molecular flexibility index (Phi) is 9.40. The lowest BCUT2D eigenvalue weighted by atomic mass is 10.1. The molecule has 29 heavy (non-hydrogen) atoms. The summed E-state index contributed by atoms with van der Waals surface area (Å²) in [6, 6.07) is 4.32. The van der Waals surface area contributed by atoms with Gasteiger partial charge in [-0.15, -0.1) is 0 Å². The number of quaternary nitrogens is 1. The summed E-state index contributed by atoms with van der Waals surface area (Å²) in [4.78, 5) is 36.7. The lowest BCUT2D eigenvalue weighted by Crippen LogP contribution is -3.11. The maximum absolute atomic E-state index is 12.1. The second kappa shape index (κ2) is 11.3. The van der Waals surface area contributed by atoms with Crippen LogP contribution in [0.3, 0.4) is 0 Å². The molecule has 1 rings (SSSR count). The molecule has 0 aliphatic heterocycles. The lowest BCUT2D eigenvalue weighted by Gasteiger charge is -2.21. The van der Waals surface area contributed by atoms with E-state index in [1.165, 1.54) is 0 Å². The van der Waals surface area contributed by atoms with Crippen molar-refractivity contribution in [1.82, 2.24) is 10.6 Å². The molecule has 0 heterocycles. The third-order valence-electron chi connectivity index (χ3n) is 3.49. The van der Waals surface area contributed by atoms with E-state index in [1.54, 1.807) is 25.2 Å². The number of carbonyl (C=O) groups is 3. The average molecular weight is 410 g/mol. The summed E-state index contributed by atoms with van der Waals surface area (Å²) in [7, 11) is 1.71. The van der Waals surface area contributed by atoms with Crippen LogP contribution in [-0.2, 0) is 9.59 Å². The fourth-order valence-electron chi connectivity index (χ4n) is 2.54. The van der Waals surface area contributed by atoms with Gasteiger partial charge in [-0.3, -0.25) is 14.9 Å². The van der Waals surface area contributed by atoms with E-state index in [-0.39, 0.29) is 24.5 Å². The largest absolute Gasteiger partial charge is 0.490 e. The van der Waals surface area contributed by atoms with Crippen molar-refractivity contribution in [2.24, 2.45) is 0 Å². The summed E-state index contributed by atoms with van der Waals surface area (Å²) in [5, 5.41) is 7.68. The smallest absolute Gasteiger partial charge is 0.326 e. The number of imide groups is 1. The number of amides is 4. The van der Waals surface area contributed by atoms with E-state index >= 15 is 0 Å². The summed E-state index contributed by atoms with van der Waals surface area (Å²) in [5.74, 6) is 0.437. The van der Waals surface area contributed by atoms with Gasteiger partial charge in [0.05, 0.1) is 20.3 Å². The minimum atomic E-state index is -0.659. The van der Waals surface area contributed by atoms with Crippen molar-refractivity contribution in [3.05, 3.63) is 18.2 Å². The third-order valence-corrected chi connectivity index (χ3v) is 3.49. The maximum Gasteiger partial charge on any atom is 0.326 e. The van der Waals surface area contributed by atoms with E-state index in [0.717, 1.165) is 0 Å². The quantitative estimate of drug-likeness (QED) is 0.476. The number of hydrogen-bond acceptors (Lipinski definition) is 5. The molecule has 4 amide bonds. The lowest BCUT2D eigenvalue weighted by molar-refractivity contribution is -0.862. The van der Waals surface area contributed by atoms with Gasteiger partial charge in [-0.1, -0.05) is 0 Å². The summed E-state index contributed by atoms with van der Waals surface area (Å²) < 4.78 is 11.0. The molecule has 0 saturated heterocycles. The number of nitrogens with one attached hydrogen (secondary N) is 4. The zero-order valence-electron chi connectivity index (χ0n) is 18.1. The van der Waals surface area contributed by atoms with Gasteiger partial charge in [0.2, 0.25) is 0 Å². The van der Waals surface area contributed by atoms with Gasteiger partial charge in [0.1, 0.15) is 0 Å². The summed E-state index contributed by atoms with van der Waals surface area (Å²) >= 11 is 0. The molecule has 0 bridgehead atoms. The Hall–Kier alpha value is -2.81. The number of rotatable bonds is 9. The van der Waals surface area contributed by atoms with Crippen molar-refractivity contribution >= 4 is 23.5 Å². The number of carbonyl (C=O) groups excluding carboxylic acids is 3. The first-order valence-electron chi connectivity index (χ1n) is 9.66. The Morgan fingerprint density at radius 1 is 0.966 bits per heavy atom. The molecule has 9 heteroatoms. The number of urea groups is 1. The van der Waals surface area contributed by atoms with E-state index in [9.17, 15) is 14.4 Å². The zero-order valence-corrected chi connectivity index (χ0v) is 18.1. The molecule has 0 aromatic heterocycles. The molecule has 1 atom stereocenters. The van der Waals surface area contributed by atoms with Crippen LogP contribution in [0.25, 0.3) is 0 Å². The highest BCUT2D eigenvalue weighted by molar-refractivity contribution is 6.01. The Morgan fingerprint density at radius 3 is 2.14 bits per heavy atom. The first kappa shape index (κ1) is 24.2. The third kappa shape index (κ3) is 9.79. The number of likely N-dealkylation sites (N-methyl/N-ethyl adjacent to an activating group) is 1. The molecule has 0 radical (unpaired) electrons. The van der Waals surface area contributed by atoms with Crippen molar-refractivity contribution in [3.63, 3.8) is 0 Å². The minimum absolute atomic E-state index is 0.0154. The molecule has 0 aliphatic rings. The van der Waals surface area contributed by atoms with Crippen molar-refractivity contribution in [2.45, 2.75) is 40.2 Å². The molecule has 4 N–H and O–H groups in total. The first-order valence-corrected chi connectivity index (χ1v) is 9.66. The highest BCUT2D eigenvalue weighted by atomic mass is 16.5. The SMILES string of the molecule is CCOc1ccc(NC(=O)NC(=O)C[NH+](C)CC(=O)NC(C)(C)C)cc1OCC. The van der Waals surface area contributed by atoms with Gasteiger partial charge >= 0.3 is 6.03 Å². The van der Waals surface area contributed by atoms with Crippen LogP contribution < -0.4 is 30.3 Å². The Labute approximate surface area is 172 Å². The fraction of sp³-hybridized carbons (Fsp3) is 0.550. The average Bonchev–Trinajstić information content (AvgIpc) is 2.55. The summed E-state index contributed by atoms with van der Waals surface area (Å²) in [6.07, 6.45) is 0. The van der Waals surface area contributed by atoms with Gasteiger partial charge < -0.3 is 25.0 Å². The van der Waals surface area contributed by atoms with Crippen molar-refractivity contribution < 1.29 is 28.8 Å². The normalized spacial score (nSPS) is 11.9. The van der Waals surface area contributed by atoms with Crippen LogP contribution in [0.15, 0.2) is 18.2 Å². The monoisotopic (exact) mass is 409 g/mol. The van der Waals surface area contributed by atoms with Gasteiger partial charge in [0, 0.05) is 17.3 Å². The Balaban J connectivity index is 2.56. The number of hydrogen-bond donors (Lipinski definition) is 4. The van der Waals surface area contributed by atoms with Crippen molar-refractivity contribution in [3.8, 4) is 11.5 Å². The highest BCUT2D eigenvalue weighted by Gasteiger charge is 2.19. The molecule has 0 fully saturated rings. The fourth-order valence-corrected chi connectivity index (χ4v) is 2.54. The maximum atomic E-state index is 12.1. The molecule has 9 nitrogen and oxygen atoms in total. The summed E-state index contributed by atoms with van der Waals surface area (Å²) in [6.45, 7) is 10.4. The van der Waals surface area contributed by atoms with Gasteiger partial charge in [0.15, 0.2) is 24.6 Å². The van der Waals surface area contributed by atoms with Crippen LogP contribution in [0.4, 0.5) is 10.5 Å². The van der Waals surface area contributed by atoms with Crippen molar-refractivity contribution in [2.75, 3.05) is 38.7 Å². The molecule has 1 aromatic carbocycles. The number of anilines is 1. The molecule has 0 saturated carbocycles. The predicted molar refractivity (Wildman–Crippen MR) is 110 cm³/mol. The van der Waals surface area contributed by atoms with Crippen molar-refractivity contribution in [1.29, 1.82) is 0 Å². The molecule has 1 unspecified atom stereocenters. The van der Waals surface area contributed by atoms with E-state index in [1.807, 2.05) is 34.6 Å². The molecule has 0 spiro atoms. The summed E-state index contributed by atoms with van der Waals surface area (Å²) in [5.41, 5.74) is 0.129. The number of benzene rings is 1. The Morgan fingerprint density at radius 2 is 1.55 bits per heavy atom. The Bertz CT molecular complexity index is 715. The predicted octanol–water partition coefficient (Wildman–Crippen LogP) is 0.562. The van der Waals surface area contributed by atoms with Crippen LogP contribution in [0.2, 0.25) is 0 Å². The first-order chi connectivity index (χ1) is 13.5. The molecule has 162 valence electrons. The van der Waals surface area contributed by atoms with Crippen LogP contribution in [-0.4, -0.2) is 56.7 Å². The molecular formula is C20H33N4O5+. The number of ether oxygens (including phenoxy) is 2. The topological polar surface area (TPSA) is 110 Å². The van der Waals surface area contributed by atoms with Crippen LogP contribution in [0.1, 0.15) is 34.6 Å². The minimum Gasteiger partial charge on any atom is -0.490 e. The molecular weight excluding hydrogens is 376 g/mol. The second-order valence-electron chi connectivity index (χ2n) is 7.64. The second-order valence-corrected chi connectivity index (χ2v) is 7.64. The van der Waals surface area contributed by atoms with Crippen LogP contribution in [0, 0.1) is 0 Å². The van der Waals surface area contributed by atoms with E-state index in [0.29, 0.717) is 35.3 Å². The van der Waals surface area contributed by atoms with E-state index < -0.39 is 11.9 Å². The molecule has 0 aliphatic carbocycles. The van der Waals surface area contributed by atoms with Gasteiger partial charge in [-0.2, -0.15) is 0 Å². The van der Waals surface area contributed by atoms with E-state index in [4.69, 9.17) is 9.47 Å². The van der Waals surface area contributed by atoms with Gasteiger partial charge in [-0.25, -0.2) is 4.79 Å². The van der Waals surface area contributed by atoms with Gasteiger partial charge in [-0.05, 0) is 46.8 Å². The van der Waals surface area contributed by atoms with Crippen LogP contribution in [0.5, 0.6) is 11.5 Å². The van der Waals surface area contributed by atoms with E-state index in [2.05, 4.69) is 16.0 Å². The standard InChI is InChI=1S/C20H32N4O5/c1-7-28-15-10-9-14(11-16(15)29-8-2)21-19(27)22-17(25)12-24(6)13-18(26)23-20(3,4)5/h9-11H,7-8,12-13H2,1-6H3,(H,23,26)(H2,21,22,25,27)/p+1. The zero-order chi connectivity index (χ0) is 22.0. The molecule has 1 aromatic rings.